The second kappa shape index (κ2) is 6.66. The van der Waals surface area contributed by atoms with E-state index >= 15 is 0 Å². The molecule has 8 heteroatoms. The second-order valence-electron chi connectivity index (χ2n) is 5.57. The Morgan fingerprint density at radius 2 is 2.30 bits per heavy atom. The number of rotatable bonds is 6. The van der Waals surface area contributed by atoms with Crippen LogP contribution in [0.25, 0.3) is 0 Å². The van der Waals surface area contributed by atoms with Crippen LogP contribution in [0.15, 0.2) is 28.8 Å². The van der Waals surface area contributed by atoms with Crippen molar-refractivity contribution in [1.82, 2.24) is 20.2 Å². The van der Waals surface area contributed by atoms with Crippen molar-refractivity contribution in [1.29, 1.82) is 0 Å². The van der Waals surface area contributed by atoms with Gasteiger partial charge in [0.05, 0.1) is 18.2 Å². The highest BCUT2D eigenvalue weighted by Crippen LogP contribution is 2.38. The Morgan fingerprint density at radius 3 is 3.00 bits per heavy atom. The molecule has 1 aliphatic carbocycles. The van der Waals surface area contributed by atoms with Crippen molar-refractivity contribution in [2.24, 2.45) is 0 Å². The molecule has 2 N–H and O–H groups in total. The Morgan fingerprint density at radius 1 is 1.52 bits per heavy atom. The van der Waals surface area contributed by atoms with E-state index in [4.69, 9.17) is 4.74 Å². The molecular weight excluding hydrogens is 316 g/mol. The molecule has 1 atom stereocenters. The number of nitrogens with one attached hydrogen (secondary N) is 2. The molecule has 3 rings (SSSR count). The third-order valence-corrected chi connectivity index (χ3v) is 4.79. The van der Waals surface area contributed by atoms with Crippen LogP contribution >= 0.6 is 11.8 Å². The molecule has 1 aromatic rings. The lowest BCUT2D eigenvalue weighted by Crippen LogP contribution is -2.49. The van der Waals surface area contributed by atoms with Crippen LogP contribution in [0.2, 0.25) is 0 Å². The number of carbonyl (C=O) groups excluding carboxylic acids is 2. The quantitative estimate of drug-likeness (QED) is 0.611. The first-order chi connectivity index (χ1) is 11.1. The van der Waals surface area contributed by atoms with E-state index in [0.717, 1.165) is 5.16 Å². The van der Waals surface area contributed by atoms with E-state index in [0.29, 0.717) is 29.7 Å². The van der Waals surface area contributed by atoms with Gasteiger partial charge in [-0.25, -0.2) is 14.6 Å². The number of hydrogen-bond donors (Lipinski definition) is 2. The lowest BCUT2D eigenvalue weighted by Gasteiger charge is -2.26. The second-order valence-corrected chi connectivity index (χ2v) is 6.51. The van der Waals surface area contributed by atoms with Crippen molar-refractivity contribution in [3.8, 4) is 0 Å². The lowest BCUT2D eigenvalue weighted by atomic mass is 10.1. The maximum absolute atomic E-state index is 12.2. The first-order valence-corrected chi connectivity index (χ1v) is 8.72. The highest BCUT2D eigenvalue weighted by atomic mass is 32.2. The molecule has 0 unspecified atom stereocenters. The van der Waals surface area contributed by atoms with E-state index in [-0.39, 0.29) is 12.1 Å². The molecule has 124 valence electrons. The molecule has 7 nitrogen and oxygen atoms in total. The maximum Gasteiger partial charge on any atom is 0.337 e. The third kappa shape index (κ3) is 3.52. The van der Waals surface area contributed by atoms with Crippen molar-refractivity contribution >= 4 is 23.8 Å². The smallest absolute Gasteiger partial charge is 0.337 e. The van der Waals surface area contributed by atoms with E-state index < -0.39 is 5.97 Å². The molecule has 0 saturated heterocycles. The fraction of sp³-hybridized carbons (Fsp3) is 0.533. The molecule has 0 bridgehead atoms. The summed E-state index contributed by atoms with van der Waals surface area (Å²) < 4.78 is 7.26. The standard InChI is InChI=1S/C15H20N4O3S/c1-3-22-13(20)12-9(2)17-14(21)18-11(12)8-23-15-16-6-7-19(15)10-4-5-10/h6-7,9-10H,3-5,8H2,1-2H3,(H2,17,18,21)/t9-/m1/s1. The van der Waals surface area contributed by atoms with Crippen molar-refractivity contribution in [2.75, 3.05) is 12.4 Å². The fourth-order valence-electron chi connectivity index (χ4n) is 2.57. The molecule has 1 aliphatic heterocycles. The van der Waals surface area contributed by atoms with E-state index in [1.54, 1.807) is 20.0 Å². The fourth-order valence-corrected chi connectivity index (χ4v) is 3.57. The van der Waals surface area contributed by atoms with Gasteiger partial charge in [0.15, 0.2) is 5.16 Å². The van der Waals surface area contributed by atoms with Crippen LogP contribution < -0.4 is 10.6 Å². The number of nitrogens with zero attached hydrogens (tertiary/aromatic N) is 2. The van der Waals surface area contributed by atoms with Crippen LogP contribution in [-0.4, -0.2) is 40.0 Å². The summed E-state index contributed by atoms with van der Waals surface area (Å²) in [7, 11) is 0. The van der Waals surface area contributed by atoms with Crippen LogP contribution in [0, 0.1) is 0 Å². The van der Waals surface area contributed by atoms with Gasteiger partial charge in [0.2, 0.25) is 0 Å². The summed E-state index contributed by atoms with van der Waals surface area (Å²) in [5, 5.41) is 6.33. The monoisotopic (exact) mass is 336 g/mol. The van der Waals surface area contributed by atoms with Gasteiger partial charge in [0, 0.05) is 29.9 Å². The molecule has 0 spiro atoms. The Hall–Kier alpha value is -1.96. The number of esters is 1. The highest BCUT2D eigenvalue weighted by Gasteiger charge is 2.30. The van der Waals surface area contributed by atoms with Crippen LogP contribution in [0.5, 0.6) is 0 Å². The van der Waals surface area contributed by atoms with Crippen molar-refractivity contribution < 1.29 is 14.3 Å². The third-order valence-electron chi connectivity index (χ3n) is 3.78. The van der Waals surface area contributed by atoms with Gasteiger partial charge in [0.25, 0.3) is 0 Å². The van der Waals surface area contributed by atoms with Crippen LogP contribution in [0.1, 0.15) is 32.7 Å². The van der Waals surface area contributed by atoms with Gasteiger partial charge in [0.1, 0.15) is 0 Å². The normalized spacial score (nSPS) is 21.0. The average Bonchev–Trinajstić information content (AvgIpc) is 3.23. The zero-order chi connectivity index (χ0) is 16.4. The summed E-state index contributed by atoms with van der Waals surface area (Å²) in [4.78, 5) is 28.3. The first kappa shape index (κ1) is 15.9. The molecule has 23 heavy (non-hydrogen) atoms. The van der Waals surface area contributed by atoms with E-state index in [2.05, 4.69) is 20.2 Å². The summed E-state index contributed by atoms with van der Waals surface area (Å²) in [6.07, 6.45) is 6.12. The van der Waals surface area contributed by atoms with Crippen molar-refractivity contribution in [2.45, 2.75) is 43.9 Å². The van der Waals surface area contributed by atoms with Crippen LogP contribution in [0.3, 0.4) is 0 Å². The van der Waals surface area contributed by atoms with E-state index in [1.807, 2.05) is 6.20 Å². The molecular formula is C15H20N4O3S. The number of imidazole rings is 1. The minimum atomic E-state index is -0.395. The van der Waals surface area contributed by atoms with Gasteiger partial charge < -0.3 is 19.9 Å². The molecule has 1 aromatic heterocycles. The molecule has 2 heterocycles. The Kier molecular flexibility index (Phi) is 4.61. The molecule has 2 amide bonds. The van der Waals surface area contributed by atoms with Crippen LogP contribution in [-0.2, 0) is 9.53 Å². The van der Waals surface area contributed by atoms with Gasteiger partial charge in [-0.05, 0) is 26.7 Å². The van der Waals surface area contributed by atoms with Gasteiger partial charge in [-0.1, -0.05) is 11.8 Å². The van der Waals surface area contributed by atoms with Crippen molar-refractivity contribution in [3.63, 3.8) is 0 Å². The zero-order valence-corrected chi connectivity index (χ0v) is 14.0. The molecule has 2 aliphatic rings. The van der Waals surface area contributed by atoms with E-state index in [1.165, 1.54) is 24.6 Å². The van der Waals surface area contributed by atoms with Gasteiger partial charge in [-0.2, -0.15) is 0 Å². The van der Waals surface area contributed by atoms with Crippen molar-refractivity contribution in [3.05, 3.63) is 23.7 Å². The predicted molar refractivity (Wildman–Crippen MR) is 86.0 cm³/mol. The number of urea groups is 1. The number of thioether (sulfide) groups is 1. The first-order valence-electron chi connectivity index (χ1n) is 7.73. The zero-order valence-electron chi connectivity index (χ0n) is 13.2. The minimum absolute atomic E-state index is 0.299. The molecule has 0 radical (unpaired) electrons. The topological polar surface area (TPSA) is 85.2 Å². The summed E-state index contributed by atoms with van der Waals surface area (Å²) in [6, 6.07) is -0.131. The summed E-state index contributed by atoms with van der Waals surface area (Å²) in [5.74, 6) is 0.0731. The predicted octanol–water partition coefficient (Wildman–Crippen LogP) is 1.83. The average molecular weight is 336 g/mol. The maximum atomic E-state index is 12.2. The number of hydrogen-bond acceptors (Lipinski definition) is 5. The molecule has 1 saturated carbocycles. The number of amides is 2. The number of ether oxygens (including phenoxy) is 1. The lowest BCUT2D eigenvalue weighted by molar-refractivity contribution is -0.138. The van der Waals surface area contributed by atoms with Gasteiger partial charge >= 0.3 is 12.0 Å². The molecule has 0 aromatic carbocycles. The summed E-state index contributed by atoms with van der Waals surface area (Å²) >= 11 is 1.52. The number of aromatic nitrogens is 2. The van der Waals surface area contributed by atoms with Gasteiger partial charge in [-0.3, -0.25) is 0 Å². The largest absolute Gasteiger partial charge is 0.463 e. The molecule has 1 fully saturated rings. The highest BCUT2D eigenvalue weighted by molar-refractivity contribution is 7.99. The minimum Gasteiger partial charge on any atom is -0.463 e. The Balaban J connectivity index is 1.78. The summed E-state index contributed by atoms with van der Waals surface area (Å²) in [6.45, 7) is 3.84. The van der Waals surface area contributed by atoms with E-state index in [9.17, 15) is 9.59 Å². The SMILES string of the molecule is CCOC(=O)C1=C(CSc2nccn2C2CC2)NC(=O)N[C@@H]1C. The number of carbonyl (C=O) groups is 2. The van der Waals surface area contributed by atoms with Gasteiger partial charge in [-0.15, -0.1) is 0 Å². The summed E-state index contributed by atoms with van der Waals surface area (Å²) in [5.41, 5.74) is 1.07. The Bertz CT molecular complexity index is 651. The Labute approximate surface area is 138 Å². The van der Waals surface area contributed by atoms with Crippen LogP contribution in [0.4, 0.5) is 4.79 Å².